The van der Waals surface area contributed by atoms with E-state index < -0.39 is 39.9 Å². The van der Waals surface area contributed by atoms with E-state index in [2.05, 4.69) is 10.6 Å². The number of benzene rings is 2. The molecule has 31 heavy (non-hydrogen) atoms. The van der Waals surface area contributed by atoms with Gasteiger partial charge in [0.1, 0.15) is 0 Å². The molecule has 0 aliphatic carbocycles. The van der Waals surface area contributed by atoms with Gasteiger partial charge in [0.05, 0.1) is 33.0 Å². The van der Waals surface area contributed by atoms with Crippen LogP contribution >= 0.6 is 11.6 Å². The third-order valence-corrected chi connectivity index (χ3v) is 4.31. The minimum absolute atomic E-state index is 0.105. The molecule has 0 bridgehead atoms. The highest BCUT2D eigenvalue weighted by molar-refractivity contribution is 6.34. The molecule has 1 aromatic heterocycles. The number of furan rings is 1. The van der Waals surface area contributed by atoms with E-state index >= 15 is 0 Å². The maximum Gasteiger partial charge on any atom is 0.418 e. The zero-order valence-electron chi connectivity index (χ0n) is 15.2. The van der Waals surface area contributed by atoms with Crippen LogP contribution in [0.25, 0.3) is 0 Å². The zero-order valence-corrected chi connectivity index (χ0v) is 16.0. The number of nitrogens with one attached hydrogen (secondary N) is 2. The van der Waals surface area contributed by atoms with Gasteiger partial charge < -0.3 is 15.1 Å². The summed E-state index contributed by atoms with van der Waals surface area (Å²) in [5, 5.41) is 15.0. The van der Waals surface area contributed by atoms with Crippen molar-refractivity contribution in [3.8, 4) is 0 Å². The smallest absolute Gasteiger partial charge is 0.418 e. The van der Waals surface area contributed by atoms with E-state index in [1.54, 1.807) is 0 Å². The standard InChI is InChI=1S/C19H11ClF3N3O5/c20-14-5-4-11(26(29)30)9-12(14)17(27)25-15-6-3-10(8-13(15)19(21,22)23)24-18(28)16-2-1-7-31-16/h1-9H,(H,24,28)(H,25,27). The van der Waals surface area contributed by atoms with Crippen molar-refractivity contribution in [2.24, 2.45) is 0 Å². The summed E-state index contributed by atoms with van der Waals surface area (Å²) >= 11 is 5.86. The number of hydrogen-bond donors (Lipinski definition) is 2. The van der Waals surface area contributed by atoms with E-state index in [-0.39, 0.29) is 22.0 Å². The largest absolute Gasteiger partial charge is 0.459 e. The number of alkyl halides is 3. The van der Waals surface area contributed by atoms with Gasteiger partial charge in [-0.25, -0.2) is 0 Å². The Hall–Kier alpha value is -3.86. The molecule has 3 aromatic rings. The number of nitro groups is 1. The molecule has 2 amide bonds. The predicted octanol–water partition coefficient (Wildman–Crippen LogP) is 5.36. The van der Waals surface area contributed by atoms with Gasteiger partial charge in [-0.1, -0.05) is 11.6 Å². The average Bonchev–Trinajstić information content (AvgIpc) is 3.23. The van der Waals surface area contributed by atoms with Crippen molar-refractivity contribution in [1.82, 2.24) is 0 Å². The van der Waals surface area contributed by atoms with Crippen molar-refractivity contribution < 1.29 is 32.1 Å². The molecule has 2 aromatic carbocycles. The Bertz CT molecular complexity index is 1160. The molecule has 160 valence electrons. The third-order valence-electron chi connectivity index (χ3n) is 3.98. The monoisotopic (exact) mass is 453 g/mol. The van der Waals surface area contributed by atoms with Crippen molar-refractivity contribution in [3.63, 3.8) is 0 Å². The summed E-state index contributed by atoms with van der Waals surface area (Å²) in [6.45, 7) is 0. The second-order valence-corrected chi connectivity index (χ2v) is 6.47. The topological polar surface area (TPSA) is 114 Å². The Morgan fingerprint density at radius 2 is 1.77 bits per heavy atom. The molecule has 0 aliphatic rings. The summed E-state index contributed by atoms with van der Waals surface area (Å²) in [5.74, 6) is -1.95. The van der Waals surface area contributed by atoms with Crippen molar-refractivity contribution in [3.05, 3.63) is 86.8 Å². The lowest BCUT2D eigenvalue weighted by molar-refractivity contribution is -0.384. The molecule has 0 aliphatic heterocycles. The molecular weight excluding hydrogens is 443 g/mol. The average molecular weight is 454 g/mol. The first-order valence-corrected chi connectivity index (χ1v) is 8.75. The van der Waals surface area contributed by atoms with E-state index in [0.717, 1.165) is 30.3 Å². The van der Waals surface area contributed by atoms with Crippen LogP contribution in [0.1, 0.15) is 26.5 Å². The van der Waals surface area contributed by atoms with E-state index in [0.29, 0.717) is 6.07 Å². The van der Waals surface area contributed by atoms with Crippen LogP contribution < -0.4 is 10.6 Å². The first kappa shape index (κ1) is 21.8. The molecule has 12 heteroatoms. The fourth-order valence-corrected chi connectivity index (χ4v) is 2.76. The molecule has 0 saturated heterocycles. The number of halogens is 4. The van der Waals surface area contributed by atoms with Gasteiger partial charge in [0.2, 0.25) is 0 Å². The lowest BCUT2D eigenvalue weighted by Gasteiger charge is -2.16. The van der Waals surface area contributed by atoms with Crippen LogP contribution in [0.15, 0.2) is 59.2 Å². The van der Waals surface area contributed by atoms with Crippen molar-refractivity contribution >= 4 is 40.5 Å². The van der Waals surface area contributed by atoms with Gasteiger partial charge in [-0.05, 0) is 36.4 Å². The minimum atomic E-state index is -4.89. The number of rotatable bonds is 5. The Morgan fingerprint density at radius 1 is 1.03 bits per heavy atom. The highest BCUT2D eigenvalue weighted by Gasteiger charge is 2.35. The Labute approximate surface area is 176 Å². The van der Waals surface area contributed by atoms with Crippen LogP contribution in [0.2, 0.25) is 5.02 Å². The number of non-ortho nitro benzene ring substituents is 1. The van der Waals surface area contributed by atoms with Crippen LogP contribution in [0, 0.1) is 10.1 Å². The fourth-order valence-electron chi connectivity index (χ4n) is 2.56. The molecule has 3 rings (SSSR count). The Kier molecular flexibility index (Phi) is 5.97. The summed E-state index contributed by atoms with van der Waals surface area (Å²) in [7, 11) is 0. The van der Waals surface area contributed by atoms with Crippen LogP contribution in [-0.4, -0.2) is 16.7 Å². The molecule has 0 atom stereocenters. The number of nitro benzene ring substituents is 1. The maximum absolute atomic E-state index is 13.5. The van der Waals surface area contributed by atoms with E-state index in [9.17, 15) is 32.9 Å². The van der Waals surface area contributed by atoms with Gasteiger partial charge in [-0.3, -0.25) is 19.7 Å². The van der Waals surface area contributed by atoms with Gasteiger partial charge in [0.15, 0.2) is 5.76 Å². The molecule has 1 heterocycles. The number of anilines is 2. The van der Waals surface area contributed by atoms with Crippen molar-refractivity contribution in [2.75, 3.05) is 10.6 Å². The van der Waals surface area contributed by atoms with Crippen LogP contribution in [0.5, 0.6) is 0 Å². The first-order chi connectivity index (χ1) is 14.6. The Morgan fingerprint density at radius 3 is 2.39 bits per heavy atom. The van der Waals surface area contributed by atoms with Crippen molar-refractivity contribution in [1.29, 1.82) is 0 Å². The second-order valence-electron chi connectivity index (χ2n) is 6.06. The van der Waals surface area contributed by atoms with Gasteiger partial charge in [-0.2, -0.15) is 13.2 Å². The Balaban J connectivity index is 1.90. The number of nitrogens with zero attached hydrogens (tertiary/aromatic N) is 1. The zero-order chi connectivity index (χ0) is 22.8. The van der Waals surface area contributed by atoms with Crippen LogP contribution in [-0.2, 0) is 6.18 Å². The fraction of sp³-hybridized carbons (Fsp3) is 0.0526. The first-order valence-electron chi connectivity index (χ1n) is 8.37. The molecule has 0 fully saturated rings. The molecule has 0 spiro atoms. The summed E-state index contributed by atoms with van der Waals surface area (Å²) in [6.07, 6.45) is -3.66. The number of carbonyl (C=O) groups is 2. The van der Waals surface area contributed by atoms with E-state index in [4.69, 9.17) is 16.0 Å². The van der Waals surface area contributed by atoms with E-state index in [1.807, 2.05) is 0 Å². The number of amides is 2. The van der Waals surface area contributed by atoms with Gasteiger partial charge >= 0.3 is 6.18 Å². The lowest BCUT2D eigenvalue weighted by Crippen LogP contribution is -2.18. The van der Waals surface area contributed by atoms with Crippen molar-refractivity contribution in [2.45, 2.75) is 6.18 Å². The highest BCUT2D eigenvalue weighted by Crippen LogP contribution is 2.37. The second kappa shape index (κ2) is 8.48. The third kappa shape index (κ3) is 5.01. The predicted molar refractivity (Wildman–Crippen MR) is 104 cm³/mol. The molecular formula is C19H11ClF3N3O5. The minimum Gasteiger partial charge on any atom is -0.459 e. The number of hydrogen-bond acceptors (Lipinski definition) is 5. The summed E-state index contributed by atoms with van der Waals surface area (Å²) in [4.78, 5) is 34.5. The highest BCUT2D eigenvalue weighted by atomic mass is 35.5. The molecule has 0 saturated carbocycles. The maximum atomic E-state index is 13.5. The molecule has 0 radical (unpaired) electrons. The van der Waals surface area contributed by atoms with Gasteiger partial charge in [-0.15, -0.1) is 0 Å². The van der Waals surface area contributed by atoms with Crippen LogP contribution in [0.3, 0.4) is 0 Å². The van der Waals surface area contributed by atoms with Crippen LogP contribution in [0.4, 0.5) is 30.2 Å². The quantitative estimate of drug-likeness (QED) is 0.398. The van der Waals surface area contributed by atoms with E-state index in [1.165, 1.54) is 18.4 Å². The summed E-state index contributed by atoms with van der Waals surface area (Å²) in [6, 6.07) is 8.47. The summed E-state index contributed by atoms with van der Waals surface area (Å²) < 4.78 is 45.5. The molecule has 8 nitrogen and oxygen atoms in total. The lowest BCUT2D eigenvalue weighted by atomic mass is 10.1. The summed E-state index contributed by atoms with van der Waals surface area (Å²) in [5.41, 5.74) is -2.91. The van der Waals surface area contributed by atoms with Gasteiger partial charge in [0, 0.05) is 17.8 Å². The molecule has 0 unspecified atom stereocenters. The molecule has 2 N–H and O–H groups in total. The normalized spacial score (nSPS) is 11.1. The SMILES string of the molecule is O=C(Nc1ccc(NC(=O)c2cc([N+](=O)[O-])ccc2Cl)c(C(F)(F)F)c1)c1ccco1. The van der Waals surface area contributed by atoms with Gasteiger partial charge in [0.25, 0.3) is 17.5 Å². The number of carbonyl (C=O) groups excluding carboxylic acids is 2.